The first kappa shape index (κ1) is 157. The van der Waals surface area contributed by atoms with Crippen molar-refractivity contribution in [3.8, 4) is 0 Å². The molecule has 0 spiro atoms. The predicted molar refractivity (Wildman–Crippen MR) is 524 cm³/mol. The molecule has 0 fully saturated rings. The Kier molecular flexibility index (Phi) is 130. The Morgan fingerprint density at radius 3 is 0.985 bits per heavy atom. The molecule has 0 saturated carbocycles. The predicted octanol–water partition coefficient (Wildman–Crippen LogP) is -1.24. The van der Waals surface area contributed by atoms with Gasteiger partial charge in [0.2, 0.25) is 23.6 Å². The summed E-state index contributed by atoms with van der Waals surface area (Å²) in [6.07, 6.45) is -14.5. The molecular formula is C89H183N11O34S2. The van der Waals surface area contributed by atoms with Gasteiger partial charge in [-0.15, -0.1) is 11.8 Å². The lowest BCUT2D eigenvalue weighted by Gasteiger charge is -2.25. The summed E-state index contributed by atoms with van der Waals surface area (Å²) in [4.78, 5) is 176. The quantitative estimate of drug-likeness (QED) is 0.0317. The third-order valence-corrected chi connectivity index (χ3v) is 18.4. The van der Waals surface area contributed by atoms with Crippen molar-refractivity contribution in [3.63, 3.8) is 0 Å². The summed E-state index contributed by atoms with van der Waals surface area (Å²) in [6.45, 7) is 37.2. The summed E-state index contributed by atoms with van der Waals surface area (Å²) in [5.74, 6) is -7.34. The normalized spacial score (nSPS) is 13.1. The zero-order valence-corrected chi connectivity index (χ0v) is 84.3. The number of nitrogens with two attached hydrogens (primary N) is 4. The molecule has 29 N–H and O–H groups in total. The van der Waals surface area contributed by atoms with Crippen molar-refractivity contribution in [1.82, 2.24) is 37.2 Å². The number of carbonyl (C=O) groups excluding carboxylic acids is 14. The molecule has 0 aliphatic heterocycles. The van der Waals surface area contributed by atoms with Crippen LogP contribution in [0, 0.1) is 5.92 Å². The first-order valence-electron chi connectivity index (χ1n) is 45.3. The van der Waals surface area contributed by atoms with E-state index in [1.807, 2.05) is 48.5 Å². The van der Waals surface area contributed by atoms with Gasteiger partial charge in [-0.05, 0) is 78.6 Å². The fraction of sp³-hybridized carbons (Fsp3) is 0.820. The number of ether oxygens (including phenoxy) is 4. The lowest BCUT2D eigenvalue weighted by molar-refractivity contribution is -0.154. The average Bonchev–Trinajstić information content (AvgIpc) is 0.870. The van der Waals surface area contributed by atoms with Gasteiger partial charge in [-0.2, -0.15) is 11.8 Å². The molecule has 0 rings (SSSR count). The van der Waals surface area contributed by atoms with Crippen LogP contribution in [0.3, 0.4) is 0 Å². The van der Waals surface area contributed by atoms with E-state index in [4.69, 9.17) is 52.1 Å². The second-order valence-electron chi connectivity index (χ2n) is 28.7. The van der Waals surface area contributed by atoms with Gasteiger partial charge in [-0.25, -0.2) is 0 Å². The molecule has 0 aromatic carbocycles. The number of ketones is 7. The highest BCUT2D eigenvalue weighted by Crippen LogP contribution is 2.15. The molecule has 810 valence electrons. The maximum absolute atomic E-state index is 12.1. The molecule has 0 aliphatic carbocycles. The van der Waals surface area contributed by atoms with Crippen LogP contribution in [0.15, 0.2) is 0 Å². The van der Waals surface area contributed by atoms with Crippen molar-refractivity contribution in [1.29, 1.82) is 0 Å². The van der Waals surface area contributed by atoms with E-state index in [2.05, 4.69) is 58.0 Å². The molecule has 136 heavy (non-hydrogen) atoms. The summed E-state index contributed by atoms with van der Waals surface area (Å²) in [7, 11) is 1.60. The highest BCUT2D eigenvalue weighted by Gasteiger charge is 2.40. The number of carboxylic acids is 2. The summed E-state index contributed by atoms with van der Waals surface area (Å²) < 4.78 is 20.4. The molecule has 2 unspecified atom stereocenters. The summed E-state index contributed by atoms with van der Waals surface area (Å²) >= 11 is 2.20. The zero-order chi connectivity index (χ0) is 106. The fourth-order valence-corrected chi connectivity index (χ4v) is 10.0. The molecule has 0 aliphatic rings. The van der Waals surface area contributed by atoms with Gasteiger partial charge >= 0.3 is 11.9 Å². The molecule has 0 saturated heterocycles. The number of aliphatic carboxylic acids is 2. The topological polar surface area (TPSA) is 782 Å². The van der Waals surface area contributed by atoms with Gasteiger partial charge in [0.05, 0.1) is 43.9 Å². The molecule has 14 atom stereocenters. The third-order valence-electron chi connectivity index (χ3n) is 16.0. The Labute approximate surface area is 816 Å². The van der Waals surface area contributed by atoms with Gasteiger partial charge in [0.1, 0.15) is 84.1 Å². The molecule has 47 heteroatoms. The molecule has 7 amide bonds. The van der Waals surface area contributed by atoms with Gasteiger partial charge < -0.3 is 165 Å². The smallest absolute Gasteiger partial charge is 0.321 e. The fourth-order valence-electron chi connectivity index (χ4n) is 8.25. The second kappa shape index (κ2) is 113. The Morgan fingerprint density at radius 1 is 0.331 bits per heavy atom. The van der Waals surface area contributed by atoms with E-state index in [1.54, 1.807) is 27.8 Å². The minimum atomic E-state index is -2.19. The van der Waals surface area contributed by atoms with Crippen molar-refractivity contribution in [2.24, 2.45) is 28.9 Å². The maximum Gasteiger partial charge on any atom is 0.321 e. The van der Waals surface area contributed by atoms with Crippen molar-refractivity contribution in [3.05, 3.63) is 0 Å². The molecule has 0 aromatic heterocycles. The molecule has 0 radical (unpaired) electrons. The zero-order valence-electron chi connectivity index (χ0n) is 82.7. The van der Waals surface area contributed by atoms with Crippen LogP contribution >= 0.6 is 23.5 Å². The van der Waals surface area contributed by atoms with E-state index in [1.165, 1.54) is 39.5 Å². The van der Waals surface area contributed by atoms with Crippen molar-refractivity contribution < 1.29 is 167 Å². The largest absolute Gasteiger partial charge is 0.481 e. The van der Waals surface area contributed by atoms with E-state index < -0.39 is 138 Å². The number of aliphatic hydroxyl groups excluding tert-OH is 12. The first-order valence-corrected chi connectivity index (χ1v) is 47.6. The maximum atomic E-state index is 12.1. The van der Waals surface area contributed by atoms with Crippen LogP contribution < -0.4 is 60.2 Å². The van der Waals surface area contributed by atoms with Crippen LogP contribution in [-0.2, 0) is 95.7 Å². The van der Waals surface area contributed by atoms with E-state index in [9.17, 15) is 138 Å². The number of nitrogens with one attached hydrogen (secondary N) is 7. The number of carboxylic acid groups (broad SMARTS) is 2. The highest BCUT2D eigenvalue weighted by molar-refractivity contribution is 8.00. The van der Waals surface area contributed by atoms with Gasteiger partial charge in [-0.3, -0.25) is 62.3 Å². The first-order chi connectivity index (χ1) is 63.0. The van der Waals surface area contributed by atoms with Gasteiger partial charge in [0.15, 0.2) is 35.7 Å². The number of thioether (sulfide) groups is 2. The SMILES string of the molecule is C.C.CC.CC.CC(CSCC(=O)CCCNC(=O)[C@@H](O)[C@H](O)[C@H](O)[C@@H](O)C(=O)CCCNC(=O)CSCC(N)C(=O)O)C(=O)O.CCC(C)=O.CCCCC(=O)[C@H](O)[C@@H](O)[C@@H](O)[C@H](O)C(=O)NCCN.CCCCC(C)=O.CCCNC(C)=O.CCCOCCCC(C)=O.CCCOCCNC(C)=O.CNC(C)=O.NCCOCCCC(=O)[C@H](O)[C@@H](O)[C@@H](O)[C@H](O)C(=O)NCCOCCN. The van der Waals surface area contributed by atoms with E-state index >= 15 is 0 Å². The number of hydrogen-bond donors (Lipinski definition) is 25. The Hall–Kier alpha value is -7.18. The van der Waals surface area contributed by atoms with Crippen LogP contribution in [0.5, 0.6) is 0 Å². The minimum absolute atomic E-state index is 0. The monoisotopic (exact) mass is 2010 g/mol. The summed E-state index contributed by atoms with van der Waals surface area (Å²) in [5, 5.41) is 152. The molecular weight excluding hydrogens is 1830 g/mol. The number of aliphatic hydroxyl groups is 12. The number of hydrogen-bond acceptors (Lipinski definition) is 38. The minimum Gasteiger partial charge on any atom is -0.481 e. The van der Waals surface area contributed by atoms with E-state index in [-0.39, 0.29) is 157 Å². The van der Waals surface area contributed by atoms with Crippen molar-refractivity contribution >= 4 is 117 Å². The molecule has 0 heterocycles. The molecule has 45 nitrogen and oxygen atoms in total. The van der Waals surface area contributed by atoms with Gasteiger partial charge in [0, 0.05) is 170 Å². The number of amides is 7. The van der Waals surface area contributed by atoms with E-state index in [0.29, 0.717) is 70.9 Å². The van der Waals surface area contributed by atoms with E-state index in [0.717, 1.165) is 89.5 Å². The standard InChI is InChI=1S/C23H39N3O12S2.C15H31N3O8.C12H24N2O6.C8H16O2.C7H15NO2.C6H12O.C5H11NO.C4H8O.C3H7NO.2C2H6.2CH4/c1-12(22(35)36)8-39-9-13(27)4-2-7-26-21(34)20(33)19(32)18(31)17(30)15(28)5-3-6-25-16(29)11-40-10-14(24)23(37)38;16-3-7-25-6-1-2-10(19)11(20)12(21)13(22)14(23)15(24)18-5-9-26-8-4-17;1-2-3-4-7(15)8(16)9(17)10(18)11(19)12(20)14-6-5-13;1-3-6-10-7-4-5-8(2)9;1-3-5-10-6-4-8-7(2)9;1-3-4-5-6(2)7;1-3-4-6-5(2)7;1-3-4(2)5;1-3(5)4-2;2*1-2;;/h12,14,17-20,30-33H,2-11,24H2,1H3,(H,25,29)(H,26,34)(H,35,36)(H,37,38);11-14,20-23H,1-9,16-17H2,(H,18,24);8-11,16-19H,2-6,13H2,1H3,(H,14,20);3-7H2,1-2H3;3-6H2,1-2H3,(H,8,9);3-5H2,1-2H3;3-4H2,1-2H3,(H,6,7);3H2,1-2H3;1-2H3,(H,4,5);2*1-2H3;2*1H4/t12?,14?,17-,18+,19+,20-;11-,12+,13+,14-;8-,9+,10+,11-;;;;;;;;;;/m000........../s1. The highest BCUT2D eigenvalue weighted by atomic mass is 32.2. The van der Waals surface area contributed by atoms with Crippen molar-refractivity contribution in [2.75, 3.05) is 142 Å². The Balaban J connectivity index is -0.000000124. The van der Waals surface area contributed by atoms with Crippen molar-refractivity contribution in [2.45, 2.75) is 327 Å². The Morgan fingerprint density at radius 2 is 0.647 bits per heavy atom. The third kappa shape index (κ3) is 110. The molecule has 0 bridgehead atoms. The van der Waals surface area contributed by atoms with Crippen LogP contribution in [-0.4, -0.2) is 386 Å². The number of Topliss-reactive ketones (excluding diaryl/α,β-unsaturated/α-hetero) is 7. The lowest BCUT2D eigenvalue weighted by atomic mass is 9.97. The summed E-state index contributed by atoms with van der Waals surface area (Å²) in [6, 6.07) is -1.10. The molecule has 0 aromatic rings. The average molecular weight is 2020 g/mol. The van der Waals surface area contributed by atoms with Crippen LogP contribution in [0.2, 0.25) is 0 Å². The van der Waals surface area contributed by atoms with Crippen LogP contribution in [0.4, 0.5) is 0 Å². The second-order valence-corrected chi connectivity index (χ2v) is 30.7. The van der Waals surface area contributed by atoms with Gasteiger partial charge in [0.25, 0.3) is 17.7 Å². The number of carbonyl (C=O) groups is 16. The number of rotatable bonds is 66. The van der Waals surface area contributed by atoms with Crippen LogP contribution in [0.25, 0.3) is 0 Å². The number of unbranched alkanes of at least 4 members (excludes halogenated alkanes) is 2. The summed E-state index contributed by atoms with van der Waals surface area (Å²) in [5.41, 5.74) is 20.9. The lowest BCUT2D eigenvalue weighted by Crippen LogP contribution is -2.53. The van der Waals surface area contributed by atoms with Gasteiger partial charge in [-0.1, -0.05) is 104 Å². The van der Waals surface area contributed by atoms with Crippen LogP contribution in [0.1, 0.15) is 248 Å². The Bertz CT molecular complexity index is 2800.